The Hall–Kier alpha value is -0.380. The fraction of sp³-hybridized carbons (Fsp3) is 0.500. The number of hydrogen-bond donors (Lipinski definition) is 1. The molecule has 0 saturated carbocycles. The Kier molecular flexibility index (Phi) is 4.00. The third-order valence-electron chi connectivity index (χ3n) is 2.81. The van der Waals surface area contributed by atoms with Crippen LogP contribution in [0.5, 0.6) is 0 Å². The molecule has 0 bridgehead atoms. The highest BCUT2D eigenvalue weighted by Gasteiger charge is 2.13. The maximum Gasteiger partial charge on any atom is 0.0776 e. The van der Waals surface area contributed by atoms with E-state index in [1.165, 1.54) is 11.5 Å². The summed E-state index contributed by atoms with van der Waals surface area (Å²) in [4.78, 5) is 2.34. The van der Waals surface area contributed by atoms with Crippen LogP contribution in [0.4, 0.5) is 5.69 Å². The highest BCUT2D eigenvalue weighted by Crippen LogP contribution is 2.28. The second-order valence-electron chi connectivity index (χ2n) is 3.98. The Morgan fingerprint density at radius 2 is 2.06 bits per heavy atom. The maximum absolute atomic E-state index is 9.50. The molecular formula is C12H16ClNOS. The number of halogens is 1. The van der Waals surface area contributed by atoms with Crippen molar-refractivity contribution < 1.29 is 5.11 Å². The number of aliphatic hydroxyl groups excluding tert-OH is 1. The molecule has 16 heavy (non-hydrogen) atoms. The molecule has 0 amide bonds. The van der Waals surface area contributed by atoms with Crippen molar-refractivity contribution in [2.75, 3.05) is 29.5 Å². The van der Waals surface area contributed by atoms with E-state index in [4.69, 9.17) is 11.6 Å². The number of benzene rings is 1. The first-order chi connectivity index (χ1) is 7.68. The standard InChI is InChI=1S/C12H16ClNOS/c1-9(15)11-3-2-10(8-12(11)13)14-4-6-16-7-5-14/h2-3,8-9,15H,4-7H2,1H3. The van der Waals surface area contributed by atoms with E-state index in [2.05, 4.69) is 4.90 Å². The molecule has 2 nitrogen and oxygen atoms in total. The minimum absolute atomic E-state index is 0.501. The van der Waals surface area contributed by atoms with Crippen molar-refractivity contribution in [3.63, 3.8) is 0 Å². The topological polar surface area (TPSA) is 23.5 Å². The van der Waals surface area contributed by atoms with Gasteiger partial charge in [0.2, 0.25) is 0 Å². The average Bonchev–Trinajstić information content (AvgIpc) is 2.29. The SMILES string of the molecule is CC(O)c1ccc(N2CCSCC2)cc1Cl. The van der Waals surface area contributed by atoms with E-state index in [-0.39, 0.29) is 0 Å². The van der Waals surface area contributed by atoms with E-state index in [0.717, 1.165) is 24.3 Å². The quantitative estimate of drug-likeness (QED) is 0.881. The van der Waals surface area contributed by atoms with Crippen molar-refractivity contribution >= 4 is 29.1 Å². The molecule has 0 aliphatic carbocycles. The second-order valence-corrected chi connectivity index (χ2v) is 5.61. The fourth-order valence-electron chi connectivity index (χ4n) is 1.87. The van der Waals surface area contributed by atoms with Crippen LogP contribution >= 0.6 is 23.4 Å². The zero-order valence-corrected chi connectivity index (χ0v) is 10.9. The molecular weight excluding hydrogens is 242 g/mol. The lowest BCUT2D eigenvalue weighted by molar-refractivity contribution is 0.199. The van der Waals surface area contributed by atoms with Crippen LogP contribution in [-0.4, -0.2) is 29.7 Å². The van der Waals surface area contributed by atoms with E-state index >= 15 is 0 Å². The van der Waals surface area contributed by atoms with Crippen LogP contribution in [0.25, 0.3) is 0 Å². The lowest BCUT2D eigenvalue weighted by Gasteiger charge is -2.29. The summed E-state index contributed by atoms with van der Waals surface area (Å²) in [5, 5.41) is 10.2. The molecule has 1 aromatic carbocycles. The third kappa shape index (κ3) is 2.65. The largest absolute Gasteiger partial charge is 0.389 e. The summed E-state index contributed by atoms with van der Waals surface area (Å²) in [6, 6.07) is 5.92. The van der Waals surface area contributed by atoms with Crippen molar-refractivity contribution in [2.24, 2.45) is 0 Å². The van der Waals surface area contributed by atoms with Crippen LogP contribution < -0.4 is 4.90 Å². The van der Waals surface area contributed by atoms with Gasteiger partial charge in [-0.05, 0) is 24.6 Å². The lowest BCUT2D eigenvalue weighted by Crippen LogP contribution is -2.32. The zero-order valence-electron chi connectivity index (χ0n) is 9.32. The van der Waals surface area contributed by atoms with Crippen molar-refractivity contribution in [2.45, 2.75) is 13.0 Å². The summed E-state index contributed by atoms with van der Waals surface area (Å²) in [6.07, 6.45) is -0.501. The first-order valence-corrected chi connectivity index (χ1v) is 7.02. The Balaban J connectivity index is 2.19. The number of nitrogens with zero attached hydrogens (tertiary/aromatic N) is 1. The molecule has 1 heterocycles. The monoisotopic (exact) mass is 257 g/mol. The lowest BCUT2D eigenvalue weighted by atomic mass is 10.1. The maximum atomic E-state index is 9.50. The van der Waals surface area contributed by atoms with Crippen LogP contribution in [-0.2, 0) is 0 Å². The first kappa shape index (κ1) is 12.1. The molecule has 1 unspecified atom stereocenters. The molecule has 88 valence electrons. The van der Waals surface area contributed by atoms with Crippen LogP contribution in [0, 0.1) is 0 Å². The van der Waals surface area contributed by atoms with E-state index in [0.29, 0.717) is 5.02 Å². The van der Waals surface area contributed by atoms with E-state index < -0.39 is 6.10 Å². The molecule has 1 aliphatic heterocycles. The summed E-state index contributed by atoms with van der Waals surface area (Å²) >= 11 is 8.14. The zero-order chi connectivity index (χ0) is 11.5. The second kappa shape index (κ2) is 5.30. The normalized spacial score (nSPS) is 18.6. The van der Waals surface area contributed by atoms with E-state index in [1.807, 2.05) is 30.0 Å². The van der Waals surface area contributed by atoms with Gasteiger partial charge >= 0.3 is 0 Å². The van der Waals surface area contributed by atoms with Gasteiger partial charge in [-0.15, -0.1) is 0 Å². The molecule has 0 aromatic heterocycles. The Labute approximate surface area is 106 Å². The first-order valence-electron chi connectivity index (χ1n) is 5.48. The van der Waals surface area contributed by atoms with Crippen LogP contribution in [0.1, 0.15) is 18.6 Å². The number of rotatable bonds is 2. The molecule has 1 saturated heterocycles. The Bertz CT molecular complexity index is 364. The van der Waals surface area contributed by atoms with Crippen molar-refractivity contribution in [1.29, 1.82) is 0 Å². The smallest absolute Gasteiger partial charge is 0.0776 e. The number of anilines is 1. The molecule has 0 spiro atoms. The van der Waals surface area contributed by atoms with Gasteiger partial charge in [0.1, 0.15) is 0 Å². The highest BCUT2D eigenvalue weighted by molar-refractivity contribution is 7.99. The highest BCUT2D eigenvalue weighted by atomic mass is 35.5. The minimum atomic E-state index is -0.501. The van der Waals surface area contributed by atoms with Gasteiger partial charge < -0.3 is 10.0 Å². The van der Waals surface area contributed by atoms with E-state index in [1.54, 1.807) is 6.92 Å². The Morgan fingerprint density at radius 1 is 1.38 bits per heavy atom. The summed E-state index contributed by atoms with van der Waals surface area (Å²) in [5.74, 6) is 2.35. The van der Waals surface area contributed by atoms with Gasteiger partial charge in [-0.2, -0.15) is 11.8 Å². The number of aliphatic hydroxyl groups is 1. The van der Waals surface area contributed by atoms with Crippen LogP contribution in [0.3, 0.4) is 0 Å². The minimum Gasteiger partial charge on any atom is -0.389 e. The summed E-state index contributed by atoms with van der Waals surface area (Å²) in [6.45, 7) is 3.89. The van der Waals surface area contributed by atoms with Gasteiger partial charge in [0.25, 0.3) is 0 Å². The molecule has 1 aliphatic rings. The predicted octanol–water partition coefficient (Wildman–Crippen LogP) is 2.95. The molecule has 1 fully saturated rings. The average molecular weight is 258 g/mol. The van der Waals surface area contributed by atoms with Crippen molar-refractivity contribution in [3.05, 3.63) is 28.8 Å². The van der Waals surface area contributed by atoms with Gasteiger partial charge in [0.05, 0.1) is 6.10 Å². The predicted molar refractivity (Wildman–Crippen MR) is 71.6 cm³/mol. The molecule has 4 heteroatoms. The van der Waals surface area contributed by atoms with E-state index in [9.17, 15) is 5.11 Å². The molecule has 2 rings (SSSR count). The van der Waals surface area contributed by atoms with Gasteiger partial charge in [-0.25, -0.2) is 0 Å². The van der Waals surface area contributed by atoms with Gasteiger partial charge in [0, 0.05) is 35.3 Å². The molecule has 0 radical (unpaired) electrons. The van der Waals surface area contributed by atoms with Gasteiger partial charge in [0.15, 0.2) is 0 Å². The number of thioether (sulfide) groups is 1. The molecule has 1 atom stereocenters. The number of hydrogen-bond acceptors (Lipinski definition) is 3. The van der Waals surface area contributed by atoms with Crippen molar-refractivity contribution in [1.82, 2.24) is 0 Å². The van der Waals surface area contributed by atoms with Crippen LogP contribution in [0.2, 0.25) is 5.02 Å². The van der Waals surface area contributed by atoms with Gasteiger partial charge in [-0.3, -0.25) is 0 Å². The molecule has 1 aromatic rings. The van der Waals surface area contributed by atoms with Crippen LogP contribution in [0.15, 0.2) is 18.2 Å². The molecule has 1 N–H and O–H groups in total. The summed E-state index contributed by atoms with van der Waals surface area (Å²) in [7, 11) is 0. The third-order valence-corrected chi connectivity index (χ3v) is 4.08. The van der Waals surface area contributed by atoms with Crippen molar-refractivity contribution in [3.8, 4) is 0 Å². The summed E-state index contributed by atoms with van der Waals surface area (Å²) in [5.41, 5.74) is 1.96. The van der Waals surface area contributed by atoms with Gasteiger partial charge in [-0.1, -0.05) is 17.7 Å². The Morgan fingerprint density at radius 3 is 2.62 bits per heavy atom. The summed E-state index contributed by atoms with van der Waals surface area (Å²) < 4.78 is 0. The fourth-order valence-corrected chi connectivity index (χ4v) is 3.11.